The number of nitrogens with one attached hydrogen (secondary N) is 3. The highest BCUT2D eigenvalue weighted by Crippen LogP contribution is 2.34. The summed E-state index contributed by atoms with van der Waals surface area (Å²) in [5.41, 5.74) is 5.05. The van der Waals surface area contributed by atoms with E-state index in [-0.39, 0.29) is 0 Å². The molecule has 1 unspecified atom stereocenters. The van der Waals surface area contributed by atoms with E-state index >= 15 is 0 Å². The third-order valence-corrected chi connectivity index (χ3v) is 5.91. The summed E-state index contributed by atoms with van der Waals surface area (Å²) in [7, 11) is 0. The van der Waals surface area contributed by atoms with Crippen LogP contribution in [0.25, 0.3) is 33.3 Å². The summed E-state index contributed by atoms with van der Waals surface area (Å²) in [5.74, 6) is 0.842. The molecule has 2 aromatic carbocycles. The molecule has 3 heterocycles. The number of nitrogens with zero attached hydrogens (tertiary/aromatic N) is 2. The van der Waals surface area contributed by atoms with Crippen molar-refractivity contribution >= 4 is 43.6 Å². The first-order valence-electron chi connectivity index (χ1n) is 9.78. The minimum absolute atomic E-state index is 0.493. The average molecular weight is 436 g/mol. The Morgan fingerprint density at radius 3 is 2.89 bits per heavy atom. The molecule has 1 saturated heterocycles. The molecule has 3 N–H and O–H groups in total. The Bertz CT molecular complexity index is 1100. The van der Waals surface area contributed by atoms with Gasteiger partial charge in [-0.3, -0.25) is 4.98 Å². The number of hydrogen-bond acceptors (Lipinski definition) is 4. The molecule has 142 valence electrons. The number of halogens is 1. The number of para-hydroxylation sites is 2. The van der Waals surface area contributed by atoms with Gasteiger partial charge in [0, 0.05) is 28.6 Å². The normalized spacial score (nSPS) is 17.2. The second kappa shape index (κ2) is 7.53. The summed E-state index contributed by atoms with van der Waals surface area (Å²) >= 11 is 3.61. The van der Waals surface area contributed by atoms with E-state index in [2.05, 4.69) is 48.7 Å². The zero-order valence-electron chi connectivity index (χ0n) is 15.5. The SMILES string of the molecule is Brc1ccc2ncc(-c3nc4ccccc4[nH]3)c(NCC3CCCCN3)c2c1. The van der Waals surface area contributed by atoms with Crippen molar-refractivity contribution in [2.45, 2.75) is 25.3 Å². The molecular formula is C22H22BrN5. The van der Waals surface area contributed by atoms with Crippen LogP contribution in [0.15, 0.2) is 53.1 Å². The van der Waals surface area contributed by atoms with Crippen molar-refractivity contribution in [3.05, 3.63) is 53.1 Å². The number of pyridine rings is 1. The van der Waals surface area contributed by atoms with E-state index in [1.165, 1.54) is 19.3 Å². The van der Waals surface area contributed by atoms with Crippen LogP contribution in [-0.2, 0) is 0 Å². The van der Waals surface area contributed by atoms with E-state index in [0.717, 1.165) is 56.6 Å². The highest BCUT2D eigenvalue weighted by Gasteiger charge is 2.17. The van der Waals surface area contributed by atoms with Gasteiger partial charge in [0.05, 0.1) is 27.8 Å². The number of H-pyrrole nitrogens is 1. The zero-order chi connectivity index (χ0) is 18.9. The molecule has 1 aliphatic heterocycles. The number of aromatic amines is 1. The predicted octanol–water partition coefficient (Wildman–Crippen LogP) is 5.09. The number of rotatable bonds is 4. The Morgan fingerprint density at radius 1 is 1.11 bits per heavy atom. The van der Waals surface area contributed by atoms with Crippen LogP contribution in [0.1, 0.15) is 19.3 Å². The predicted molar refractivity (Wildman–Crippen MR) is 119 cm³/mol. The summed E-state index contributed by atoms with van der Waals surface area (Å²) in [4.78, 5) is 12.9. The molecule has 0 saturated carbocycles. The minimum atomic E-state index is 0.493. The number of hydrogen-bond donors (Lipinski definition) is 3. The van der Waals surface area contributed by atoms with E-state index < -0.39 is 0 Å². The first-order chi connectivity index (χ1) is 13.8. The number of benzene rings is 2. The lowest BCUT2D eigenvalue weighted by Gasteiger charge is -2.25. The molecule has 1 fully saturated rings. The Hall–Kier alpha value is -2.44. The van der Waals surface area contributed by atoms with Crippen molar-refractivity contribution in [1.82, 2.24) is 20.3 Å². The van der Waals surface area contributed by atoms with E-state index in [1.54, 1.807) is 0 Å². The van der Waals surface area contributed by atoms with E-state index in [9.17, 15) is 0 Å². The van der Waals surface area contributed by atoms with Gasteiger partial charge in [-0.2, -0.15) is 0 Å². The van der Waals surface area contributed by atoms with Gasteiger partial charge in [0.15, 0.2) is 0 Å². The second-order valence-electron chi connectivity index (χ2n) is 7.34. The summed E-state index contributed by atoms with van der Waals surface area (Å²) in [6.45, 7) is 1.99. The molecule has 0 bridgehead atoms. The zero-order valence-corrected chi connectivity index (χ0v) is 17.1. The van der Waals surface area contributed by atoms with Gasteiger partial charge in [-0.15, -0.1) is 0 Å². The fourth-order valence-electron chi connectivity index (χ4n) is 3.94. The molecule has 1 atom stereocenters. The van der Waals surface area contributed by atoms with Crippen LogP contribution in [0, 0.1) is 0 Å². The lowest BCUT2D eigenvalue weighted by molar-refractivity contribution is 0.414. The third kappa shape index (κ3) is 3.38. The fraction of sp³-hybridized carbons (Fsp3) is 0.273. The lowest BCUT2D eigenvalue weighted by Crippen LogP contribution is -2.39. The van der Waals surface area contributed by atoms with E-state index in [0.29, 0.717) is 6.04 Å². The van der Waals surface area contributed by atoms with Crippen molar-refractivity contribution in [2.24, 2.45) is 0 Å². The van der Waals surface area contributed by atoms with Crippen molar-refractivity contribution in [1.29, 1.82) is 0 Å². The number of fused-ring (bicyclic) bond motifs is 2. The fourth-order valence-corrected chi connectivity index (χ4v) is 4.30. The molecule has 0 radical (unpaired) electrons. The molecule has 0 spiro atoms. The molecule has 0 aliphatic carbocycles. The second-order valence-corrected chi connectivity index (χ2v) is 8.25. The van der Waals surface area contributed by atoms with Gasteiger partial charge in [-0.1, -0.05) is 34.5 Å². The van der Waals surface area contributed by atoms with Crippen LogP contribution in [-0.4, -0.2) is 34.1 Å². The average Bonchev–Trinajstić information content (AvgIpc) is 3.16. The Kier molecular flexibility index (Phi) is 4.74. The molecule has 4 aromatic rings. The van der Waals surface area contributed by atoms with Crippen LogP contribution < -0.4 is 10.6 Å². The number of imidazole rings is 1. The van der Waals surface area contributed by atoms with Gasteiger partial charge in [0.2, 0.25) is 0 Å². The summed E-state index contributed by atoms with van der Waals surface area (Å²) < 4.78 is 1.04. The van der Waals surface area contributed by atoms with E-state index in [4.69, 9.17) is 4.98 Å². The van der Waals surface area contributed by atoms with Crippen molar-refractivity contribution in [3.63, 3.8) is 0 Å². The quantitative estimate of drug-likeness (QED) is 0.417. The highest BCUT2D eigenvalue weighted by atomic mass is 79.9. The monoisotopic (exact) mass is 435 g/mol. The van der Waals surface area contributed by atoms with Crippen LogP contribution >= 0.6 is 15.9 Å². The maximum Gasteiger partial charge on any atom is 0.142 e. The topological polar surface area (TPSA) is 65.6 Å². The molecule has 1 aliphatic rings. The summed E-state index contributed by atoms with van der Waals surface area (Å²) in [6, 6.07) is 14.8. The summed E-state index contributed by atoms with van der Waals surface area (Å²) in [6.07, 6.45) is 5.69. The lowest BCUT2D eigenvalue weighted by atomic mass is 10.0. The smallest absolute Gasteiger partial charge is 0.142 e. The molecule has 5 rings (SSSR count). The standard InChI is InChI=1S/C22H22BrN5/c23-14-8-9-18-16(11-14)21(26-12-15-5-3-4-10-24-15)17(13-25-18)22-27-19-6-1-2-7-20(19)28-22/h1-2,6-9,11,13,15,24H,3-5,10,12H2,(H,25,26)(H,27,28). The molecule has 28 heavy (non-hydrogen) atoms. The van der Waals surface area contributed by atoms with Crippen molar-refractivity contribution < 1.29 is 0 Å². The van der Waals surface area contributed by atoms with Crippen molar-refractivity contribution in [2.75, 3.05) is 18.4 Å². The maximum absolute atomic E-state index is 4.80. The van der Waals surface area contributed by atoms with E-state index in [1.807, 2.05) is 36.5 Å². The third-order valence-electron chi connectivity index (χ3n) is 5.41. The number of aromatic nitrogens is 3. The van der Waals surface area contributed by atoms with Gasteiger partial charge in [-0.05, 0) is 49.7 Å². The first-order valence-corrected chi connectivity index (χ1v) is 10.6. The van der Waals surface area contributed by atoms with Gasteiger partial charge in [0.25, 0.3) is 0 Å². The summed E-state index contributed by atoms with van der Waals surface area (Å²) in [5, 5.41) is 8.43. The van der Waals surface area contributed by atoms with Crippen LogP contribution in [0.2, 0.25) is 0 Å². The van der Waals surface area contributed by atoms with Crippen LogP contribution in [0.4, 0.5) is 5.69 Å². The minimum Gasteiger partial charge on any atom is -0.382 e. The van der Waals surface area contributed by atoms with Gasteiger partial charge < -0.3 is 15.6 Å². The first kappa shape index (κ1) is 17.6. The van der Waals surface area contributed by atoms with Crippen LogP contribution in [0.3, 0.4) is 0 Å². The largest absolute Gasteiger partial charge is 0.382 e. The Morgan fingerprint density at radius 2 is 2.04 bits per heavy atom. The highest BCUT2D eigenvalue weighted by molar-refractivity contribution is 9.10. The van der Waals surface area contributed by atoms with Gasteiger partial charge >= 0.3 is 0 Å². The van der Waals surface area contributed by atoms with Gasteiger partial charge in [-0.25, -0.2) is 4.98 Å². The molecule has 0 amide bonds. The van der Waals surface area contributed by atoms with Crippen LogP contribution in [0.5, 0.6) is 0 Å². The van der Waals surface area contributed by atoms with Crippen molar-refractivity contribution in [3.8, 4) is 11.4 Å². The number of anilines is 1. The molecule has 2 aromatic heterocycles. The molecule has 5 nitrogen and oxygen atoms in total. The Labute approximate surface area is 172 Å². The maximum atomic E-state index is 4.80. The molecule has 6 heteroatoms. The Balaban J connectivity index is 1.60. The molecular weight excluding hydrogens is 414 g/mol. The van der Waals surface area contributed by atoms with Gasteiger partial charge in [0.1, 0.15) is 5.82 Å². The number of piperidine rings is 1.